The van der Waals surface area contributed by atoms with Gasteiger partial charge in [-0.15, -0.1) is 0 Å². The van der Waals surface area contributed by atoms with Crippen molar-refractivity contribution in [3.8, 4) is 5.75 Å². The number of anilines is 1. The number of piperidine rings is 1. The zero-order valence-electron chi connectivity index (χ0n) is 20.7. The first-order chi connectivity index (χ1) is 16.8. The molecule has 35 heavy (non-hydrogen) atoms. The molecule has 2 atom stereocenters. The quantitative estimate of drug-likeness (QED) is 0.416. The predicted molar refractivity (Wildman–Crippen MR) is 142 cm³/mol. The highest BCUT2D eigenvalue weighted by Crippen LogP contribution is 2.27. The molecule has 0 spiro atoms. The van der Waals surface area contributed by atoms with Gasteiger partial charge in [0.25, 0.3) is 10.0 Å². The van der Waals surface area contributed by atoms with E-state index in [4.69, 9.17) is 0 Å². The number of nitrogens with zero attached hydrogens (tertiary/aromatic N) is 2. The van der Waals surface area contributed by atoms with Gasteiger partial charge < -0.3 is 10.0 Å². The van der Waals surface area contributed by atoms with Crippen molar-refractivity contribution < 1.29 is 13.5 Å². The zero-order valence-corrected chi connectivity index (χ0v) is 21.5. The Hall–Kier alpha value is -2.83. The highest BCUT2D eigenvalue weighted by Gasteiger charge is 2.25. The topological polar surface area (TPSA) is 60.9 Å². The summed E-state index contributed by atoms with van der Waals surface area (Å²) in [7, 11) is -3.75. The Morgan fingerprint density at radius 2 is 1.46 bits per heavy atom. The molecule has 0 aromatic heterocycles. The molecule has 0 amide bonds. The second kappa shape index (κ2) is 11.3. The second-order valence-electron chi connectivity index (χ2n) is 9.97. The zero-order chi connectivity index (χ0) is 24.8. The minimum atomic E-state index is -3.75. The standard InChI is InChI=1S/C29H36N2O3S/c1-23-19-24(2)21-30(20-23)18-6-7-25-10-14-27(15-11-25)31(22-26-12-16-28(32)17-13-26)35(33,34)29-8-4-3-5-9-29/h3-5,8-17,23-24,32H,6-7,18-22H2,1-2H3. The summed E-state index contributed by atoms with van der Waals surface area (Å²) in [6.45, 7) is 8.34. The van der Waals surface area contributed by atoms with E-state index in [9.17, 15) is 13.5 Å². The van der Waals surface area contributed by atoms with Crippen LogP contribution in [-0.2, 0) is 23.0 Å². The molecule has 1 saturated heterocycles. The maximum atomic E-state index is 13.6. The molecule has 1 aliphatic heterocycles. The summed E-state index contributed by atoms with van der Waals surface area (Å²) in [4.78, 5) is 2.84. The van der Waals surface area contributed by atoms with E-state index in [1.165, 1.54) is 29.4 Å². The van der Waals surface area contributed by atoms with Crippen molar-refractivity contribution >= 4 is 15.7 Å². The number of benzene rings is 3. The number of rotatable bonds is 9. The summed E-state index contributed by atoms with van der Waals surface area (Å²) < 4.78 is 28.6. The van der Waals surface area contributed by atoms with Crippen LogP contribution in [0.3, 0.4) is 0 Å². The van der Waals surface area contributed by atoms with Crippen LogP contribution in [0.4, 0.5) is 5.69 Å². The fraction of sp³-hybridized carbons (Fsp3) is 0.379. The molecule has 3 aromatic carbocycles. The summed E-state index contributed by atoms with van der Waals surface area (Å²) in [5.74, 6) is 1.69. The van der Waals surface area contributed by atoms with Gasteiger partial charge >= 0.3 is 0 Å². The molecule has 4 rings (SSSR count). The van der Waals surface area contributed by atoms with Gasteiger partial charge in [0, 0.05) is 13.1 Å². The summed E-state index contributed by atoms with van der Waals surface area (Å²) in [5.41, 5.74) is 2.65. The average molecular weight is 493 g/mol. The van der Waals surface area contributed by atoms with Crippen LogP contribution < -0.4 is 4.31 Å². The van der Waals surface area contributed by atoms with Crippen LogP contribution in [0.2, 0.25) is 0 Å². The molecule has 1 N–H and O–H groups in total. The number of hydrogen-bond donors (Lipinski definition) is 1. The number of likely N-dealkylation sites (tertiary alicyclic amines) is 1. The van der Waals surface area contributed by atoms with Crippen molar-refractivity contribution in [3.05, 3.63) is 90.0 Å². The van der Waals surface area contributed by atoms with E-state index < -0.39 is 10.0 Å². The van der Waals surface area contributed by atoms with Crippen LogP contribution in [0, 0.1) is 11.8 Å². The fourth-order valence-electron chi connectivity index (χ4n) is 5.11. The van der Waals surface area contributed by atoms with Crippen molar-refractivity contribution in [3.63, 3.8) is 0 Å². The maximum absolute atomic E-state index is 13.6. The third kappa shape index (κ3) is 6.65. The Morgan fingerprint density at radius 3 is 2.09 bits per heavy atom. The lowest BCUT2D eigenvalue weighted by Gasteiger charge is -2.35. The van der Waals surface area contributed by atoms with Gasteiger partial charge in [0.2, 0.25) is 0 Å². The minimum Gasteiger partial charge on any atom is -0.508 e. The largest absolute Gasteiger partial charge is 0.508 e. The third-order valence-corrected chi connectivity index (χ3v) is 8.49. The van der Waals surface area contributed by atoms with Gasteiger partial charge in [-0.3, -0.25) is 4.31 Å². The van der Waals surface area contributed by atoms with Crippen LogP contribution in [0.15, 0.2) is 83.8 Å². The fourth-order valence-corrected chi connectivity index (χ4v) is 6.59. The summed E-state index contributed by atoms with van der Waals surface area (Å²) in [6.07, 6.45) is 3.39. The van der Waals surface area contributed by atoms with Crippen LogP contribution in [0.1, 0.15) is 37.8 Å². The Bertz CT molecular complexity index is 1170. The van der Waals surface area contributed by atoms with E-state index in [0.717, 1.165) is 36.8 Å². The van der Waals surface area contributed by atoms with Gasteiger partial charge in [0.05, 0.1) is 17.1 Å². The maximum Gasteiger partial charge on any atom is 0.264 e. The van der Waals surface area contributed by atoms with Crippen LogP contribution in [0.25, 0.3) is 0 Å². The van der Waals surface area contributed by atoms with Crippen molar-refractivity contribution in [1.29, 1.82) is 0 Å². The van der Waals surface area contributed by atoms with E-state index in [-0.39, 0.29) is 17.2 Å². The summed E-state index contributed by atoms with van der Waals surface area (Å²) in [5, 5.41) is 9.62. The van der Waals surface area contributed by atoms with Crippen molar-refractivity contribution in [2.24, 2.45) is 11.8 Å². The van der Waals surface area contributed by atoms with Crippen LogP contribution in [-0.4, -0.2) is 38.1 Å². The van der Waals surface area contributed by atoms with Gasteiger partial charge in [-0.05, 0) is 85.2 Å². The molecule has 1 heterocycles. The number of sulfonamides is 1. The van der Waals surface area contributed by atoms with Crippen molar-refractivity contribution in [2.75, 3.05) is 23.9 Å². The first-order valence-electron chi connectivity index (χ1n) is 12.5. The van der Waals surface area contributed by atoms with Crippen molar-refractivity contribution in [1.82, 2.24) is 4.90 Å². The van der Waals surface area contributed by atoms with Gasteiger partial charge in [-0.25, -0.2) is 8.42 Å². The molecule has 1 fully saturated rings. The molecule has 186 valence electrons. The molecule has 1 aliphatic rings. The first-order valence-corrected chi connectivity index (χ1v) is 13.9. The predicted octanol–water partition coefficient (Wildman–Crippen LogP) is 5.70. The minimum absolute atomic E-state index is 0.157. The Labute approximate surface area is 210 Å². The van der Waals surface area contributed by atoms with Crippen LogP contribution >= 0.6 is 0 Å². The molecule has 0 radical (unpaired) electrons. The lowest BCUT2D eigenvalue weighted by Crippen LogP contribution is -2.39. The molecular weight excluding hydrogens is 456 g/mol. The van der Waals surface area contributed by atoms with Crippen molar-refractivity contribution in [2.45, 2.75) is 44.6 Å². The van der Waals surface area contributed by atoms with E-state index in [0.29, 0.717) is 5.69 Å². The molecule has 3 aromatic rings. The lowest BCUT2D eigenvalue weighted by atomic mass is 9.92. The molecular formula is C29H36N2O3S. The van der Waals surface area contributed by atoms with Gasteiger partial charge in [-0.1, -0.05) is 56.3 Å². The average Bonchev–Trinajstić information content (AvgIpc) is 2.84. The highest BCUT2D eigenvalue weighted by atomic mass is 32.2. The monoisotopic (exact) mass is 492 g/mol. The van der Waals surface area contributed by atoms with Gasteiger partial charge in [0.15, 0.2) is 0 Å². The number of aromatic hydroxyl groups is 1. The second-order valence-corrected chi connectivity index (χ2v) is 11.8. The van der Waals surface area contributed by atoms with E-state index in [1.54, 1.807) is 48.5 Å². The Kier molecular flexibility index (Phi) is 8.14. The van der Waals surface area contributed by atoms with E-state index >= 15 is 0 Å². The Morgan fingerprint density at radius 1 is 0.857 bits per heavy atom. The van der Waals surface area contributed by atoms with Gasteiger partial charge in [-0.2, -0.15) is 0 Å². The smallest absolute Gasteiger partial charge is 0.264 e. The number of hydrogen-bond acceptors (Lipinski definition) is 4. The number of aryl methyl sites for hydroxylation is 1. The number of phenols is 1. The van der Waals surface area contributed by atoms with Gasteiger partial charge in [0.1, 0.15) is 5.75 Å². The molecule has 6 heteroatoms. The molecule has 0 saturated carbocycles. The molecule has 0 bridgehead atoms. The number of phenolic OH excluding ortho intramolecular Hbond substituents is 1. The summed E-state index contributed by atoms with van der Waals surface area (Å²) in [6, 6.07) is 23.1. The molecule has 0 aliphatic carbocycles. The first kappa shape index (κ1) is 25.3. The van der Waals surface area contributed by atoms with E-state index in [2.05, 4.69) is 18.7 Å². The molecule has 5 nitrogen and oxygen atoms in total. The van der Waals surface area contributed by atoms with E-state index in [1.807, 2.05) is 30.3 Å². The Balaban J connectivity index is 1.48. The summed E-state index contributed by atoms with van der Waals surface area (Å²) >= 11 is 0. The third-order valence-electron chi connectivity index (χ3n) is 6.70. The normalized spacial score (nSPS) is 18.9. The lowest BCUT2D eigenvalue weighted by molar-refractivity contribution is 0.140. The molecule has 2 unspecified atom stereocenters. The highest BCUT2D eigenvalue weighted by molar-refractivity contribution is 7.92. The SMILES string of the molecule is CC1CC(C)CN(CCCc2ccc(N(Cc3ccc(O)cc3)S(=O)(=O)c3ccccc3)cc2)C1. The van der Waals surface area contributed by atoms with Crippen LogP contribution in [0.5, 0.6) is 5.75 Å².